The molecule has 2 atom stereocenters. The topological polar surface area (TPSA) is 54.5 Å². The van der Waals surface area contributed by atoms with E-state index in [-0.39, 0.29) is 5.91 Å². The molecule has 1 fully saturated rings. The molecule has 1 saturated heterocycles. The molecule has 29 heavy (non-hydrogen) atoms. The quantitative estimate of drug-likeness (QED) is 0.674. The largest absolute Gasteiger partial charge is 0.497 e. The summed E-state index contributed by atoms with van der Waals surface area (Å²) in [6.07, 6.45) is 1.17. The number of amides is 1. The molecule has 0 aliphatic carbocycles. The Morgan fingerprint density at radius 1 is 1.07 bits per heavy atom. The summed E-state index contributed by atoms with van der Waals surface area (Å²) in [6.45, 7) is 6.05. The number of methoxy groups -OCH3 is 1. The number of fused-ring (bicyclic) bond motifs is 1. The Labute approximate surface area is 171 Å². The second kappa shape index (κ2) is 8.11. The molecule has 1 amide bonds. The minimum atomic E-state index is 0.0831. The van der Waals surface area contributed by atoms with E-state index in [9.17, 15) is 4.79 Å². The molecule has 4 rings (SSSR count). The number of benzene rings is 2. The van der Waals surface area contributed by atoms with Crippen LogP contribution in [-0.4, -0.2) is 36.0 Å². The zero-order chi connectivity index (χ0) is 20.4. The molecule has 3 aromatic rings. The van der Waals surface area contributed by atoms with Gasteiger partial charge in [0.25, 0.3) is 5.91 Å². The van der Waals surface area contributed by atoms with Crippen molar-refractivity contribution in [1.82, 2.24) is 9.88 Å². The lowest BCUT2D eigenvalue weighted by Gasteiger charge is -2.35. The fraction of sp³-hybridized carbons (Fsp3) is 0.333. The molecule has 1 N–H and O–H groups in total. The van der Waals surface area contributed by atoms with E-state index in [1.165, 1.54) is 6.42 Å². The van der Waals surface area contributed by atoms with Crippen molar-refractivity contribution in [3.8, 4) is 5.75 Å². The summed E-state index contributed by atoms with van der Waals surface area (Å²) in [7, 11) is 1.65. The number of nitrogens with one attached hydrogen (secondary N) is 1. The van der Waals surface area contributed by atoms with Crippen LogP contribution in [0.1, 0.15) is 30.6 Å². The highest BCUT2D eigenvalue weighted by atomic mass is 16.5. The van der Waals surface area contributed by atoms with E-state index in [1.54, 1.807) is 7.11 Å². The van der Waals surface area contributed by atoms with Gasteiger partial charge < -0.3 is 15.0 Å². The standard InChI is InChI=1S/C24H27N3O2/c1-16-12-17(2)15-27(14-16)24(28)21-13-23(26-22-7-5-4-6-20(21)22)25-18-8-10-19(29-3)11-9-18/h4-11,13,16-17H,12,14-15H2,1-3H3,(H,25,26). The minimum Gasteiger partial charge on any atom is -0.497 e. The van der Waals surface area contributed by atoms with Crippen molar-refractivity contribution in [2.24, 2.45) is 11.8 Å². The summed E-state index contributed by atoms with van der Waals surface area (Å²) >= 11 is 0. The number of hydrogen-bond acceptors (Lipinski definition) is 4. The van der Waals surface area contributed by atoms with Gasteiger partial charge in [0.1, 0.15) is 11.6 Å². The molecule has 1 aliphatic heterocycles. The lowest BCUT2D eigenvalue weighted by Crippen LogP contribution is -2.42. The number of nitrogens with zero attached hydrogens (tertiary/aromatic N) is 2. The number of para-hydroxylation sites is 1. The molecule has 0 bridgehead atoms. The lowest BCUT2D eigenvalue weighted by molar-refractivity contribution is 0.0625. The van der Waals surface area contributed by atoms with Gasteiger partial charge in [-0.3, -0.25) is 4.79 Å². The van der Waals surface area contributed by atoms with Crippen LogP contribution >= 0.6 is 0 Å². The Morgan fingerprint density at radius 3 is 2.45 bits per heavy atom. The second-order valence-electron chi connectivity index (χ2n) is 8.08. The van der Waals surface area contributed by atoms with Gasteiger partial charge in [0.05, 0.1) is 18.2 Å². The molecule has 0 radical (unpaired) electrons. The molecular weight excluding hydrogens is 362 g/mol. The number of hydrogen-bond donors (Lipinski definition) is 1. The molecule has 5 nitrogen and oxygen atoms in total. The maximum atomic E-state index is 13.4. The lowest BCUT2D eigenvalue weighted by atomic mass is 9.91. The number of anilines is 2. The molecule has 0 saturated carbocycles. The molecule has 2 heterocycles. The Balaban J connectivity index is 1.69. The molecular formula is C24H27N3O2. The van der Waals surface area contributed by atoms with Crippen LogP contribution in [0.5, 0.6) is 5.75 Å². The van der Waals surface area contributed by atoms with Gasteiger partial charge in [0.2, 0.25) is 0 Å². The van der Waals surface area contributed by atoms with Gasteiger partial charge in [-0.05, 0) is 54.7 Å². The predicted molar refractivity (Wildman–Crippen MR) is 117 cm³/mol. The van der Waals surface area contributed by atoms with Gasteiger partial charge in [-0.15, -0.1) is 0 Å². The predicted octanol–water partition coefficient (Wildman–Crippen LogP) is 5.11. The fourth-order valence-electron chi connectivity index (χ4n) is 4.24. The summed E-state index contributed by atoms with van der Waals surface area (Å²) < 4.78 is 5.22. The summed E-state index contributed by atoms with van der Waals surface area (Å²) in [4.78, 5) is 20.2. The first-order valence-corrected chi connectivity index (χ1v) is 10.1. The van der Waals surface area contributed by atoms with Crippen LogP contribution in [0.15, 0.2) is 54.6 Å². The Bertz CT molecular complexity index is 1010. The van der Waals surface area contributed by atoms with E-state index >= 15 is 0 Å². The molecule has 5 heteroatoms. The highest BCUT2D eigenvalue weighted by Crippen LogP contribution is 2.28. The van der Waals surface area contributed by atoms with E-state index in [4.69, 9.17) is 9.72 Å². The van der Waals surface area contributed by atoms with Crippen LogP contribution in [0.25, 0.3) is 10.9 Å². The second-order valence-corrected chi connectivity index (χ2v) is 8.08. The summed E-state index contributed by atoms with van der Waals surface area (Å²) in [5.41, 5.74) is 2.41. The zero-order valence-electron chi connectivity index (χ0n) is 17.2. The average molecular weight is 389 g/mol. The number of carbonyl (C=O) groups is 1. The normalized spacial score (nSPS) is 19.2. The van der Waals surface area contributed by atoms with Gasteiger partial charge in [-0.25, -0.2) is 4.98 Å². The van der Waals surface area contributed by atoms with E-state index in [1.807, 2.05) is 59.5 Å². The number of piperidine rings is 1. The van der Waals surface area contributed by atoms with Crippen molar-refractivity contribution >= 4 is 28.3 Å². The molecule has 1 aliphatic rings. The molecule has 150 valence electrons. The zero-order valence-corrected chi connectivity index (χ0v) is 17.2. The Kier molecular flexibility index (Phi) is 5.38. The van der Waals surface area contributed by atoms with Crippen molar-refractivity contribution in [2.45, 2.75) is 20.3 Å². The van der Waals surface area contributed by atoms with Crippen molar-refractivity contribution in [2.75, 3.05) is 25.5 Å². The third-order valence-corrected chi connectivity index (χ3v) is 5.47. The first-order chi connectivity index (χ1) is 14.0. The average Bonchev–Trinajstić information content (AvgIpc) is 2.72. The van der Waals surface area contributed by atoms with Crippen LogP contribution in [0.2, 0.25) is 0 Å². The SMILES string of the molecule is COc1ccc(Nc2cc(C(=O)N3CC(C)CC(C)C3)c3ccccc3n2)cc1. The molecule has 2 aromatic carbocycles. The van der Waals surface area contributed by atoms with Crippen molar-refractivity contribution in [3.05, 3.63) is 60.2 Å². The number of ether oxygens (including phenoxy) is 1. The summed E-state index contributed by atoms with van der Waals surface area (Å²) in [5, 5.41) is 4.22. The smallest absolute Gasteiger partial charge is 0.254 e. The van der Waals surface area contributed by atoms with E-state index in [2.05, 4.69) is 19.2 Å². The third kappa shape index (κ3) is 4.19. The van der Waals surface area contributed by atoms with E-state index < -0.39 is 0 Å². The maximum absolute atomic E-state index is 13.4. The first-order valence-electron chi connectivity index (χ1n) is 10.1. The minimum absolute atomic E-state index is 0.0831. The molecule has 0 spiro atoms. The van der Waals surface area contributed by atoms with Gasteiger partial charge in [-0.1, -0.05) is 32.0 Å². The van der Waals surface area contributed by atoms with Crippen LogP contribution in [0.3, 0.4) is 0 Å². The molecule has 1 aromatic heterocycles. The summed E-state index contributed by atoms with van der Waals surface area (Å²) in [6, 6.07) is 17.4. The van der Waals surface area contributed by atoms with Gasteiger partial charge in [-0.2, -0.15) is 0 Å². The Morgan fingerprint density at radius 2 is 1.76 bits per heavy atom. The number of aromatic nitrogens is 1. The van der Waals surface area contributed by atoms with Gasteiger partial charge in [0, 0.05) is 24.2 Å². The van der Waals surface area contributed by atoms with Crippen molar-refractivity contribution in [1.29, 1.82) is 0 Å². The van der Waals surface area contributed by atoms with Gasteiger partial charge >= 0.3 is 0 Å². The Hall–Kier alpha value is -3.08. The highest BCUT2D eigenvalue weighted by molar-refractivity contribution is 6.07. The van der Waals surface area contributed by atoms with Crippen LogP contribution in [0.4, 0.5) is 11.5 Å². The van der Waals surface area contributed by atoms with Crippen LogP contribution < -0.4 is 10.1 Å². The fourth-order valence-corrected chi connectivity index (χ4v) is 4.24. The molecule has 2 unspecified atom stereocenters. The number of pyridine rings is 1. The number of likely N-dealkylation sites (tertiary alicyclic amines) is 1. The third-order valence-electron chi connectivity index (χ3n) is 5.47. The number of carbonyl (C=O) groups excluding carboxylic acids is 1. The van der Waals surface area contributed by atoms with Gasteiger partial charge in [0.15, 0.2) is 0 Å². The highest BCUT2D eigenvalue weighted by Gasteiger charge is 2.27. The van der Waals surface area contributed by atoms with Crippen molar-refractivity contribution in [3.63, 3.8) is 0 Å². The maximum Gasteiger partial charge on any atom is 0.254 e. The van der Waals surface area contributed by atoms with E-state index in [0.29, 0.717) is 23.2 Å². The summed E-state index contributed by atoms with van der Waals surface area (Å²) in [5.74, 6) is 2.58. The van der Waals surface area contributed by atoms with Crippen LogP contribution in [-0.2, 0) is 0 Å². The van der Waals surface area contributed by atoms with Crippen LogP contribution in [0, 0.1) is 11.8 Å². The monoisotopic (exact) mass is 389 g/mol. The van der Waals surface area contributed by atoms with E-state index in [0.717, 1.165) is 35.4 Å². The van der Waals surface area contributed by atoms with Crippen molar-refractivity contribution < 1.29 is 9.53 Å². The number of rotatable bonds is 4. The first kappa shape index (κ1) is 19.2.